The van der Waals surface area contributed by atoms with Crippen molar-refractivity contribution in [1.29, 1.82) is 0 Å². The monoisotopic (exact) mass is 282 g/mol. The highest BCUT2D eigenvalue weighted by Gasteiger charge is 2.06. The number of aromatic nitrogens is 1. The third-order valence-corrected chi connectivity index (χ3v) is 3.68. The van der Waals surface area contributed by atoms with Gasteiger partial charge in [-0.25, -0.2) is 0 Å². The minimum atomic E-state index is 0.703. The molecule has 0 fully saturated rings. The summed E-state index contributed by atoms with van der Waals surface area (Å²) in [7, 11) is 0. The average molecular weight is 283 g/mol. The molecule has 1 N–H and O–H groups in total. The van der Waals surface area contributed by atoms with Gasteiger partial charge in [-0.2, -0.15) is 0 Å². The summed E-state index contributed by atoms with van der Waals surface area (Å²) in [5, 5.41) is 5.29. The van der Waals surface area contributed by atoms with Crippen LogP contribution in [-0.4, -0.2) is 4.98 Å². The van der Waals surface area contributed by atoms with Crippen molar-refractivity contribution in [1.82, 2.24) is 4.98 Å². The molecule has 100 valence electrons. The highest BCUT2D eigenvalue weighted by molar-refractivity contribution is 6.31. The number of fused-ring (bicyclic) bond motifs is 1. The Hall–Kier alpha value is -2.06. The molecule has 1 heterocycles. The van der Waals surface area contributed by atoms with Crippen LogP contribution in [0.1, 0.15) is 11.1 Å². The summed E-state index contributed by atoms with van der Waals surface area (Å²) in [5.41, 5.74) is 5.54. The fourth-order valence-electron chi connectivity index (χ4n) is 2.38. The number of benzene rings is 2. The van der Waals surface area contributed by atoms with E-state index in [4.69, 9.17) is 11.6 Å². The normalized spacial score (nSPS) is 10.8. The number of anilines is 2. The van der Waals surface area contributed by atoms with Gasteiger partial charge in [-0.15, -0.1) is 0 Å². The van der Waals surface area contributed by atoms with Gasteiger partial charge in [-0.05, 0) is 49.2 Å². The maximum atomic E-state index is 6.02. The van der Waals surface area contributed by atoms with Crippen LogP contribution in [-0.2, 0) is 0 Å². The van der Waals surface area contributed by atoms with E-state index in [1.807, 2.05) is 24.3 Å². The Bertz CT molecular complexity index is 761. The Balaban J connectivity index is 2.11. The molecule has 1 aromatic heterocycles. The second-order valence-electron chi connectivity index (χ2n) is 4.91. The van der Waals surface area contributed by atoms with E-state index in [0.717, 1.165) is 22.3 Å². The van der Waals surface area contributed by atoms with E-state index in [1.54, 1.807) is 6.20 Å². The van der Waals surface area contributed by atoms with Gasteiger partial charge < -0.3 is 5.32 Å². The highest BCUT2D eigenvalue weighted by atomic mass is 35.5. The second kappa shape index (κ2) is 5.14. The molecule has 3 rings (SSSR count). The summed E-state index contributed by atoms with van der Waals surface area (Å²) in [6.07, 6.45) is 1.80. The van der Waals surface area contributed by atoms with Crippen LogP contribution in [0, 0.1) is 13.8 Å². The van der Waals surface area contributed by atoms with Gasteiger partial charge in [0.25, 0.3) is 0 Å². The lowest BCUT2D eigenvalue weighted by Gasteiger charge is -2.14. The van der Waals surface area contributed by atoms with E-state index in [0.29, 0.717) is 5.02 Å². The number of aryl methyl sites for hydroxylation is 2. The zero-order valence-electron chi connectivity index (χ0n) is 11.4. The van der Waals surface area contributed by atoms with Crippen LogP contribution in [0.3, 0.4) is 0 Å². The molecule has 0 atom stereocenters. The van der Waals surface area contributed by atoms with Crippen LogP contribution in [0.2, 0.25) is 5.02 Å². The molecule has 0 saturated carbocycles. The maximum Gasteiger partial charge on any atom is 0.0737 e. The van der Waals surface area contributed by atoms with E-state index in [9.17, 15) is 0 Å². The number of halogens is 1. The number of nitrogens with zero attached hydrogens (tertiary/aromatic N) is 1. The molecule has 0 unspecified atom stereocenters. The van der Waals surface area contributed by atoms with E-state index in [2.05, 4.69) is 42.3 Å². The molecule has 3 aromatic rings. The van der Waals surface area contributed by atoms with E-state index >= 15 is 0 Å². The SMILES string of the molecule is Cc1cccc(C)c1Nc1ccnc2cc(Cl)ccc12. The third-order valence-electron chi connectivity index (χ3n) is 3.45. The van der Waals surface area contributed by atoms with Gasteiger partial charge in [0.1, 0.15) is 0 Å². The lowest BCUT2D eigenvalue weighted by Crippen LogP contribution is -1.97. The fraction of sp³-hybridized carbons (Fsp3) is 0.118. The van der Waals surface area contributed by atoms with Crippen LogP contribution in [0.4, 0.5) is 11.4 Å². The molecular formula is C17H15ClN2. The largest absolute Gasteiger partial charge is 0.354 e. The van der Waals surface area contributed by atoms with Gasteiger partial charge >= 0.3 is 0 Å². The molecule has 0 bridgehead atoms. The molecule has 0 spiro atoms. The standard InChI is InChI=1S/C17H15ClN2/c1-11-4-3-5-12(2)17(11)20-15-8-9-19-16-10-13(18)6-7-14(15)16/h3-10H,1-2H3,(H,19,20). The summed E-state index contributed by atoms with van der Waals surface area (Å²) in [6.45, 7) is 4.21. The van der Waals surface area contributed by atoms with Crippen molar-refractivity contribution < 1.29 is 0 Å². The number of rotatable bonds is 2. The zero-order chi connectivity index (χ0) is 14.1. The van der Waals surface area contributed by atoms with Crippen molar-refractivity contribution >= 4 is 33.9 Å². The first-order chi connectivity index (χ1) is 9.65. The minimum Gasteiger partial charge on any atom is -0.354 e. The third kappa shape index (κ3) is 2.35. The summed E-state index contributed by atoms with van der Waals surface area (Å²) in [4.78, 5) is 4.36. The second-order valence-corrected chi connectivity index (χ2v) is 5.35. The number of para-hydroxylation sites is 1. The van der Waals surface area contributed by atoms with Gasteiger partial charge in [0.05, 0.1) is 5.52 Å². The van der Waals surface area contributed by atoms with E-state index in [-0.39, 0.29) is 0 Å². The van der Waals surface area contributed by atoms with Crippen LogP contribution >= 0.6 is 11.6 Å². The first-order valence-corrected chi connectivity index (χ1v) is 6.90. The molecule has 0 amide bonds. The minimum absolute atomic E-state index is 0.703. The van der Waals surface area contributed by atoms with Crippen molar-refractivity contribution in [3.63, 3.8) is 0 Å². The number of hydrogen-bond donors (Lipinski definition) is 1. The molecule has 0 aliphatic heterocycles. The number of hydrogen-bond acceptors (Lipinski definition) is 2. The van der Waals surface area contributed by atoms with Crippen LogP contribution in [0.25, 0.3) is 10.9 Å². The molecule has 20 heavy (non-hydrogen) atoms. The predicted octanol–water partition coefficient (Wildman–Crippen LogP) is 5.25. The van der Waals surface area contributed by atoms with E-state index in [1.165, 1.54) is 11.1 Å². The lowest BCUT2D eigenvalue weighted by molar-refractivity contribution is 1.35. The number of nitrogens with one attached hydrogen (secondary N) is 1. The smallest absolute Gasteiger partial charge is 0.0737 e. The Morgan fingerprint density at radius 2 is 1.75 bits per heavy atom. The number of pyridine rings is 1. The molecular weight excluding hydrogens is 268 g/mol. The molecule has 2 nitrogen and oxygen atoms in total. The van der Waals surface area contributed by atoms with Crippen molar-refractivity contribution in [3.05, 3.63) is 64.8 Å². The van der Waals surface area contributed by atoms with Gasteiger partial charge in [0, 0.05) is 28.0 Å². The topological polar surface area (TPSA) is 24.9 Å². The quantitative estimate of drug-likeness (QED) is 0.694. The highest BCUT2D eigenvalue weighted by Crippen LogP contribution is 2.29. The fourth-order valence-corrected chi connectivity index (χ4v) is 2.54. The first-order valence-electron chi connectivity index (χ1n) is 6.52. The summed E-state index contributed by atoms with van der Waals surface area (Å²) >= 11 is 6.02. The van der Waals surface area contributed by atoms with Gasteiger partial charge in [0.15, 0.2) is 0 Å². The Labute approximate surface area is 123 Å². The van der Waals surface area contributed by atoms with Crippen LogP contribution in [0.5, 0.6) is 0 Å². The van der Waals surface area contributed by atoms with Crippen molar-refractivity contribution in [2.75, 3.05) is 5.32 Å². The molecule has 3 heteroatoms. The average Bonchev–Trinajstić information content (AvgIpc) is 2.42. The molecule has 0 aliphatic rings. The van der Waals surface area contributed by atoms with Crippen LogP contribution in [0.15, 0.2) is 48.7 Å². The maximum absolute atomic E-state index is 6.02. The zero-order valence-corrected chi connectivity index (χ0v) is 12.2. The summed E-state index contributed by atoms with van der Waals surface area (Å²) < 4.78 is 0. The summed E-state index contributed by atoms with van der Waals surface area (Å²) in [5.74, 6) is 0. The molecule has 0 aliphatic carbocycles. The van der Waals surface area contributed by atoms with Crippen LogP contribution < -0.4 is 5.32 Å². The van der Waals surface area contributed by atoms with Crippen molar-refractivity contribution in [2.45, 2.75) is 13.8 Å². The molecule has 0 saturated heterocycles. The summed E-state index contributed by atoms with van der Waals surface area (Å²) in [6, 6.07) is 14.0. The Kier molecular flexibility index (Phi) is 3.33. The predicted molar refractivity (Wildman–Crippen MR) is 86.0 cm³/mol. The lowest BCUT2D eigenvalue weighted by atomic mass is 10.1. The van der Waals surface area contributed by atoms with Crippen molar-refractivity contribution in [2.24, 2.45) is 0 Å². The Morgan fingerprint density at radius 3 is 2.50 bits per heavy atom. The van der Waals surface area contributed by atoms with Gasteiger partial charge in [-0.1, -0.05) is 29.8 Å². The van der Waals surface area contributed by atoms with E-state index < -0.39 is 0 Å². The van der Waals surface area contributed by atoms with Gasteiger partial charge in [0.2, 0.25) is 0 Å². The first kappa shape index (κ1) is 12.9. The van der Waals surface area contributed by atoms with Crippen molar-refractivity contribution in [3.8, 4) is 0 Å². The van der Waals surface area contributed by atoms with Gasteiger partial charge in [-0.3, -0.25) is 4.98 Å². The molecule has 0 radical (unpaired) electrons. The molecule has 2 aromatic carbocycles. The Morgan fingerprint density at radius 1 is 1.00 bits per heavy atom.